The minimum atomic E-state index is -3.99. The average molecular weight is 387 g/mol. The summed E-state index contributed by atoms with van der Waals surface area (Å²) in [6, 6.07) is 4.13. The molecule has 0 bridgehead atoms. The van der Waals surface area contributed by atoms with E-state index in [2.05, 4.69) is 10.6 Å². The number of ether oxygens (including phenoxy) is 2. The number of rotatable bonds is 7. The second kappa shape index (κ2) is 8.86. The van der Waals surface area contributed by atoms with Crippen molar-refractivity contribution in [3.05, 3.63) is 18.2 Å². The second-order valence-electron chi connectivity index (χ2n) is 6.49. The van der Waals surface area contributed by atoms with Crippen LogP contribution in [-0.4, -0.2) is 39.7 Å². The van der Waals surface area contributed by atoms with E-state index in [4.69, 9.17) is 14.6 Å². The molecule has 0 fully saturated rings. The van der Waals surface area contributed by atoms with Gasteiger partial charge in [-0.05, 0) is 45.4 Å². The molecule has 9 nitrogen and oxygen atoms in total. The topological polar surface area (TPSA) is 137 Å². The van der Waals surface area contributed by atoms with Crippen LogP contribution in [-0.2, 0) is 19.6 Å². The second-order valence-corrected chi connectivity index (χ2v) is 8.02. The molecular weight excluding hydrogens is 362 g/mol. The van der Waals surface area contributed by atoms with Crippen LogP contribution >= 0.6 is 0 Å². The van der Waals surface area contributed by atoms with E-state index in [1.165, 1.54) is 25.3 Å². The van der Waals surface area contributed by atoms with Gasteiger partial charge in [0.2, 0.25) is 15.9 Å². The van der Waals surface area contributed by atoms with Crippen LogP contribution in [0.25, 0.3) is 0 Å². The number of carbonyl (C=O) groups excluding carboxylic acids is 2. The molecule has 0 unspecified atom stereocenters. The van der Waals surface area contributed by atoms with Crippen LogP contribution in [0, 0.1) is 0 Å². The predicted octanol–water partition coefficient (Wildman–Crippen LogP) is 1.59. The SMILES string of the molecule is COc1ccc(NC(=O)CCCNC(=O)OC(C)(C)C)cc1S(N)(=O)=O. The minimum Gasteiger partial charge on any atom is -0.495 e. The number of hydrogen-bond acceptors (Lipinski definition) is 6. The van der Waals surface area contributed by atoms with E-state index in [1.54, 1.807) is 20.8 Å². The molecule has 0 spiro atoms. The smallest absolute Gasteiger partial charge is 0.407 e. The van der Waals surface area contributed by atoms with Crippen molar-refractivity contribution in [3.8, 4) is 5.75 Å². The van der Waals surface area contributed by atoms with Gasteiger partial charge in [-0.1, -0.05) is 0 Å². The van der Waals surface area contributed by atoms with E-state index in [-0.39, 0.29) is 35.2 Å². The van der Waals surface area contributed by atoms with Gasteiger partial charge in [-0.25, -0.2) is 18.4 Å². The molecule has 0 aliphatic carbocycles. The summed E-state index contributed by atoms with van der Waals surface area (Å²) in [5.74, 6) is -0.242. The van der Waals surface area contributed by atoms with Gasteiger partial charge in [0, 0.05) is 18.7 Å². The Bertz CT molecular complexity index is 756. The number of carbonyl (C=O) groups is 2. The Kier molecular flexibility index (Phi) is 7.40. The van der Waals surface area contributed by atoms with Crippen molar-refractivity contribution in [2.24, 2.45) is 5.14 Å². The van der Waals surface area contributed by atoms with Crippen molar-refractivity contribution in [2.75, 3.05) is 19.0 Å². The van der Waals surface area contributed by atoms with E-state index in [0.29, 0.717) is 6.42 Å². The van der Waals surface area contributed by atoms with Gasteiger partial charge in [0.15, 0.2) is 0 Å². The third-order valence-corrected chi connectivity index (χ3v) is 3.93. The lowest BCUT2D eigenvalue weighted by molar-refractivity contribution is -0.116. The Hall–Kier alpha value is -2.33. The maximum atomic E-state index is 11.9. The largest absolute Gasteiger partial charge is 0.495 e. The molecule has 0 radical (unpaired) electrons. The molecule has 0 aliphatic rings. The van der Waals surface area contributed by atoms with Gasteiger partial charge in [-0.15, -0.1) is 0 Å². The summed E-state index contributed by atoms with van der Waals surface area (Å²) in [5, 5.41) is 10.3. The first kappa shape index (κ1) is 21.7. The molecule has 0 heterocycles. The van der Waals surface area contributed by atoms with E-state index < -0.39 is 21.7 Å². The fourth-order valence-corrected chi connectivity index (χ4v) is 2.68. The fraction of sp³-hybridized carbons (Fsp3) is 0.500. The minimum absolute atomic E-state index is 0.0899. The summed E-state index contributed by atoms with van der Waals surface area (Å²) in [5.41, 5.74) is -0.309. The normalized spacial score (nSPS) is 11.6. The zero-order valence-corrected chi connectivity index (χ0v) is 16.1. The van der Waals surface area contributed by atoms with Crippen molar-refractivity contribution in [3.63, 3.8) is 0 Å². The number of benzene rings is 1. The highest BCUT2D eigenvalue weighted by Crippen LogP contribution is 2.26. The summed E-state index contributed by atoms with van der Waals surface area (Å²) < 4.78 is 33.1. The highest BCUT2D eigenvalue weighted by Gasteiger charge is 2.17. The van der Waals surface area contributed by atoms with Crippen molar-refractivity contribution in [1.82, 2.24) is 5.32 Å². The Morgan fingerprint density at radius 1 is 1.23 bits per heavy atom. The quantitative estimate of drug-likeness (QED) is 0.608. The third-order valence-electron chi connectivity index (χ3n) is 3.00. The van der Waals surface area contributed by atoms with Crippen LogP contribution in [0.5, 0.6) is 5.75 Å². The summed E-state index contributed by atoms with van der Waals surface area (Å²) in [4.78, 5) is 23.2. The molecule has 4 N–H and O–H groups in total. The van der Waals surface area contributed by atoms with Crippen LogP contribution in [0.4, 0.5) is 10.5 Å². The monoisotopic (exact) mass is 387 g/mol. The molecule has 26 heavy (non-hydrogen) atoms. The van der Waals surface area contributed by atoms with Crippen molar-refractivity contribution < 1.29 is 27.5 Å². The van der Waals surface area contributed by atoms with Gasteiger partial charge >= 0.3 is 6.09 Å². The number of nitrogens with two attached hydrogens (primary N) is 1. The Labute approximate surface area is 153 Å². The van der Waals surface area contributed by atoms with Crippen LogP contribution in [0.3, 0.4) is 0 Å². The zero-order valence-electron chi connectivity index (χ0n) is 15.3. The summed E-state index contributed by atoms with van der Waals surface area (Å²) in [6.45, 7) is 5.54. The number of sulfonamides is 1. The molecular formula is C16H25N3O6S. The van der Waals surface area contributed by atoms with Gasteiger partial charge < -0.3 is 20.1 Å². The molecule has 0 saturated carbocycles. The standard InChI is InChI=1S/C16H25N3O6S/c1-16(2,3)25-15(21)18-9-5-6-14(20)19-11-7-8-12(24-4)13(10-11)26(17,22)23/h7-8,10H,5-6,9H2,1-4H3,(H,18,21)(H,19,20)(H2,17,22,23). The van der Waals surface area contributed by atoms with Gasteiger partial charge in [-0.2, -0.15) is 0 Å². The molecule has 0 aromatic heterocycles. The number of anilines is 1. The molecule has 0 atom stereocenters. The number of methoxy groups -OCH3 is 1. The van der Waals surface area contributed by atoms with Crippen LogP contribution in [0.15, 0.2) is 23.1 Å². The Morgan fingerprint density at radius 3 is 2.42 bits per heavy atom. The molecule has 10 heteroatoms. The Morgan fingerprint density at radius 2 is 1.88 bits per heavy atom. The Balaban J connectivity index is 2.53. The average Bonchev–Trinajstić information content (AvgIpc) is 2.49. The van der Waals surface area contributed by atoms with Crippen molar-refractivity contribution in [1.29, 1.82) is 0 Å². The van der Waals surface area contributed by atoms with E-state index >= 15 is 0 Å². The highest BCUT2D eigenvalue weighted by atomic mass is 32.2. The lowest BCUT2D eigenvalue weighted by Crippen LogP contribution is -2.33. The van der Waals surface area contributed by atoms with E-state index in [1.807, 2.05) is 0 Å². The van der Waals surface area contributed by atoms with Crippen LogP contribution in [0.1, 0.15) is 33.6 Å². The lowest BCUT2D eigenvalue weighted by atomic mass is 10.2. The maximum absolute atomic E-state index is 11.9. The summed E-state index contributed by atoms with van der Waals surface area (Å²) in [7, 11) is -2.67. The van der Waals surface area contributed by atoms with Gasteiger partial charge in [0.1, 0.15) is 16.2 Å². The number of primary sulfonamides is 1. The molecule has 1 aromatic rings. The molecule has 146 valence electrons. The van der Waals surface area contributed by atoms with E-state index in [0.717, 1.165) is 0 Å². The number of hydrogen-bond donors (Lipinski definition) is 3. The fourth-order valence-electron chi connectivity index (χ4n) is 1.95. The molecule has 0 aliphatic heterocycles. The first-order valence-electron chi connectivity index (χ1n) is 7.90. The van der Waals surface area contributed by atoms with Crippen molar-refractivity contribution in [2.45, 2.75) is 44.1 Å². The van der Waals surface area contributed by atoms with Gasteiger partial charge in [0.05, 0.1) is 7.11 Å². The molecule has 1 aromatic carbocycles. The first-order valence-corrected chi connectivity index (χ1v) is 9.44. The molecule has 1 rings (SSSR count). The molecule has 2 amide bonds. The van der Waals surface area contributed by atoms with Crippen molar-refractivity contribution >= 4 is 27.7 Å². The first-order chi connectivity index (χ1) is 11.9. The number of amides is 2. The number of nitrogens with one attached hydrogen (secondary N) is 2. The van der Waals surface area contributed by atoms with Crippen LogP contribution < -0.4 is 20.5 Å². The van der Waals surface area contributed by atoms with Crippen LogP contribution in [0.2, 0.25) is 0 Å². The van der Waals surface area contributed by atoms with Gasteiger partial charge in [-0.3, -0.25) is 4.79 Å². The summed E-state index contributed by atoms with van der Waals surface area (Å²) in [6.07, 6.45) is -0.0265. The maximum Gasteiger partial charge on any atom is 0.407 e. The lowest BCUT2D eigenvalue weighted by Gasteiger charge is -2.19. The van der Waals surface area contributed by atoms with Gasteiger partial charge in [0.25, 0.3) is 0 Å². The highest BCUT2D eigenvalue weighted by molar-refractivity contribution is 7.89. The van der Waals surface area contributed by atoms with E-state index in [9.17, 15) is 18.0 Å². The summed E-state index contributed by atoms with van der Waals surface area (Å²) >= 11 is 0. The zero-order chi connectivity index (χ0) is 20.0. The predicted molar refractivity (Wildman–Crippen MR) is 96.5 cm³/mol. The molecule has 0 saturated heterocycles. The third kappa shape index (κ3) is 7.70. The number of alkyl carbamates (subject to hydrolysis) is 1.